The van der Waals surface area contributed by atoms with Gasteiger partial charge in [0.15, 0.2) is 5.76 Å². The maximum absolute atomic E-state index is 13.0. The van der Waals surface area contributed by atoms with Gasteiger partial charge in [-0.15, -0.1) is 0 Å². The third-order valence-corrected chi connectivity index (χ3v) is 6.06. The molecule has 4 rings (SSSR count). The lowest BCUT2D eigenvalue weighted by atomic mass is 9.93. The number of fused-ring (bicyclic) bond motifs is 2. The van der Waals surface area contributed by atoms with E-state index in [1.807, 2.05) is 31.2 Å². The second-order valence-electron chi connectivity index (χ2n) is 7.18. The Morgan fingerprint density at radius 1 is 1.31 bits per heavy atom. The topological polar surface area (TPSA) is 88.9 Å². The van der Waals surface area contributed by atoms with E-state index in [1.165, 1.54) is 0 Å². The van der Waals surface area contributed by atoms with Crippen LogP contribution in [-0.4, -0.2) is 57.8 Å². The highest BCUT2D eigenvalue weighted by molar-refractivity contribution is 7.88. The van der Waals surface area contributed by atoms with Gasteiger partial charge in [0.25, 0.3) is 5.91 Å². The first-order chi connectivity index (χ1) is 12.3. The van der Waals surface area contributed by atoms with Gasteiger partial charge in [-0.3, -0.25) is 4.79 Å². The van der Waals surface area contributed by atoms with Crippen LogP contribution in [0.15, 0.2) is 28.7 Å². The van der Waals surface area contributed by atoms with Crippen LogP contribution in [0.3, 0.4) is 0 Å². The molecule has 0 saturated carbocycles. The number of likely N-dealkylation sites (tertiary alicyclic amines) is 1. The quantitative estimate of drug-likeness (QED) is 0.868. The van der Waals surface area contributed by atoms with Gasteiger partial charge in [0, 0.05) is 42.4 Å². The van der Waals surface area contributed by atoms with Crippen LogP contribution in [0.1, 0.15) is 16.1 Å². The van der Waals surface area contributed by atoms with Crippen molar-refractivity contribution in [2.24, 2.45) is 11.8 Å². The first kappa shape index (κ1) is 17.5. The number of amides is 1. The predicted molar refractivity (Wildman–Crippen MR) is 96.4 cm³/mol. The Hall–Kier alpha value is -1.90. The summed E-state index contributed by atoms with van der Waals surface area (Å²) in [6, 6.07) is 7.60. The van der Waals surface area contributed by atoms with E-state index in [2.05, 4.69) is 4.72 Å². The molecule has 26 heavy (non-hydrogen) atoms. The van der Waals surface area contributed by atoms with Crippen molar-refractivity contribution in [2.75, 3.05) is 32.5 Å². The Kier molecular flexibility index (Phi) is 4.29. The number of furan rings is 1. The van der Waals surface area contributed by atoms with Crippen LogP contribution in [0, 0.1) is 18.8 Å². The summed E-state index contributed by atoms with van der Waals surface area (Å²) in [6.07, 6.45) is 1.10. The molecular formula is C18H22N2O5S. The van der Waals surface area contributed by atoms with Gasteiger partial charge in [-0.25, -0.2) is 13.1 Å². The highest BCUT2D eigenvalue weighted by atomic mass is 32.2. The highest BCUT2D eigenvalue weighted by Gasteiger charge is 2.46. The van der Waals surface area contributed by atoms with Crippen LogP contribution in [0.4, 0.5) is 0 Å². The maximum Gasteiger partial charge on any atom is 0.289 e. The van der Waals surface area contributed by atoms with E-state index in [-0.39, 0.29) is 23.8 Å². The van der Waals surface area contributed by atoms with Crippen LogP contribution in [0.5, 0.6) is 0 Å². The highest BCUT2D eigenvalue weighted by Crippen LogP contribution is 2.35. The number of carbonyl (C=O) groups excluding carboxylic acids is 1. The number of benzene rings is 1. The average molecular weight is 378 g/mol. The Balaban J connectivity index is 1.49. The van der Waals surface area contributed by atoms with Crippen molar-refractivity contribution in [2.45, 2.75) is 13.0 Å². The first-order valence-corrected chi connectivity index (χ1v) is 10.6. The van der Waals surface area contributed by atoms with Gasteiger partial charge in [-0.05, 0) is 13.0 Å². The van der Waals surface area contributed by atoms with E-state index < -0.39 is 10.0 Å². The number of para-hydroxylation sites is 1. The van der Waals surface area contributed by atoms with Crippen LogP contribution in [-0.2, 0) is 14.8 Å². The average Bonchev–Trinajstić information content (AvgIpc) is 3.25. The fourth-order valence-electron chi connectivity index (χ4n) is 3.96. The molecule has 0 unspecified atom stereocenters. The van der Waals surface area contributed by atoms with Gasteiger partial charge >= 0.3 is 0 Å². The van der Waals surface area contributed by atoms with Gasteiger partial charge in [0.2, 0.25) is 10.0 Å². The van der Waals surface area contributed by atoms with Gasteiger partial charge in [-0.2, -0.15) is 0 Å². The molecule has 2 aliphatic rings. The van der Waals surface area contributed by atoms with E-state index >= 15 is 0 Å². The Morgan fingerprint density at radius 2 is 2.08 bits per heavy atom. The predicted octanol–water partition coefficient (Wildman–Crippen LogP) is 1.38. The van der Waals surface area contributed by atoms with E-state index in [1.54, 1.807) is 4.90 Å². The van der Waals surface area contributed by atoms with Crippen LogP contribution < -0.4 is 4.72 Å². The number of carbonyl (C=O) groups is 1. The Labute approximate surface area is 152 Å². The molecule has 2 aliphatic heterocycles. The number of nitrogens with zero attached hydrogens (tertiary/aromatic N) is 1. The van der Waals surface area contributed by atoms with Gasteiger partial charge < -0.3 is 14.1 Å². The minimum Gasteiger partial charge on any atom is -0.451 e. The van der Waals surface area contributed by atoms with E-state index in [0.717, 1.165) is 17.2 Å². The van der Waals surface area contributed by atoms with Crippen molar-refractivity contribution in [1.82, 2.24) is 9.62 Å². The normalized spacial score (nSPS) is 25.8. The number of hydrogen-bond donors (Lipinski definition) is 1. The van der Waals surface area contributed by atoms with Crippen LogP contribution in [0.2, 0.25) is 0 Å². The standard InChI is InChI=1S/C18H22N2O5S/c1-11-13-5-3-4-6-15(13)25-17(11)18(21)20-8-14-12(7-19-26(2,22)23)10-24-16(14)9-20/h3-6,12,14,16,19H,7-10H2,1-2H3/t12-,14+,16+/m1/s1. The zero-order valence-electron chi connectivity index (χ0n) is 14.8. The van der Waals surface area contributed by atoms with Crippen molar-refractivity contribution < 1.29 is 22.4 Å². The first-order valence-electron chi connectivity index (χ1n) is 8.67. The third kappa shape index (κ3) is 3.13. The summed E-state index contributed by atoms with van der Waals surface area (Å²) in [4.78, 5) is 14.7. The second kappa shape index (κ2) is 6.37. The minimum absolute atomic E-state index is 0.0463. The van der Waals surface area contributed by atoms with Gasteiger partial charge in [-0.1, -0.05) is 18.2 Å². The van der Waals surface area contributed by atoms with E-state index in [0.29, 0.717) is 37.6 Å². The molecule has 1 N–H and O–H groups in total. The molecule has 8 heteroatoms. The zero-order chi connectivity index (χ0) is 18.5. The lowest BCUT2D eigenvalue weighted by Gasteiger charge is -2.19. The summed E-state index contributed by atoms with van der Waals surface area (Å²) in [7, 11) is -3.23. The van der Waals surface area contributed by atoms with Gasteiger partial charge in [0.05, 0.1) is 19.0 Å². The van der Waals surface area contributed by atoms with Crippen LogP contribution >= 0.6 is 0 Å². The Morgan fingerprint density at radius 3 is 2.81 bits per heavy atom. The molecule has 1 amide bonds. The zero-order valence-corrected chi connectivity index (χ0v) is 15.6. The summed E-state index contributed by atoms with van der Waals surface area (Å²) >= 11 is 0. The van der Waals surface area contributed by atoms with Crippen molar-refractivity contribution in [3.63, 3.8) is 0 Å². The molecule has 1 aromatic carbocycles. The molecule has 1 aromatic heterocycles. The lowest BCUT2D eigenvalue weighted by molar-refractivity contribution is 0.0653. The summed E-state index contributed by atoms with van der Waals surface area (Å²) < 4.78 is 36.8. The SMILES string of the molecule is Cc1c(C(=O)N2C[C@H]3[C@H](CNS(C)(=O)=O)CO[C@H]3C2)oc2ccccc12. The molecular weight excluding hydrogens is 356 g/mol. The molecule has 7 nitrogen and oxygen atoms in total. The fourth-order valence-corrected chi connectivity index (χ4v) is 4.47. The number of nitrogens with one attached hydrogen (secondary N) is 1. The van der Waals surface area contributed by atoms with Gasteiger partial charge in [0.1, 0.15) is 5.58 Å². The van der Waals surface area contributed by atoms with Crippen molar-refractivity contribution in [1.29, 1.82) is 0 Å². The van der Waals surface area contributed by atoms with Crippen molar-refractivity contribution in [3.8, 4) is 0 Å². The smallest absolute Gasteiger partial charge is 0.289 e. The third-order valence-electron chi connectivity index (χ3n) is 5.37. The fraction of sp³-hybridized carbons (Fsp3) is 0.500. The molecule has 0 aliphatic carbocycles. The second-order valence-corrected chi connectivity index (χ2v) is 9.01. The summed E-state index contributed by atoms with van der Waals surface area (Å²) in [6.45, 7) is 3.81. The molecule has 0 bridgehead atoms. The minimum atomic E-state index is -3.23. The summed E-state index contributed by atoms with van der Waals surface area (Å²) in [5.74, 6) is 0.450. The largest absolute Gasteiger partial charge is 0.451 e. The lowest BCUT2D eigenvalue weighted by Crippen LogP contribution is -2.35. The van der Waals surface area contributed by atoms with E-state index in [4.69, 9.17) is 9.15 Å². The molecule has 0 radical (unpaired) electrons. The Bertz CT molecular complexity index is 952. The number of hydrogen-bond acceptors (Lipinski definition) is 5. The summed E-state index contributed by atoms with van der Waals surface area (Å²) in [5, 5.41) is 0.946. The number of ether oxygens (including phenoxy) is 1. The van der Waals surface area contributed by atoms with E-state index in [9.17, 15) is 13.2 Å². The van der Waals surface area contributed by atoms with Crippen molar-refractivity contribution >= 4 is 26.9 Å². The molecule has 2 saturated heterocycles. The summed E-state index contributed by atoms with van der Waals surface area (Å²) in [5.41, 5.74) is 1.55. The maximum atomic E-state index is 13.0. The molecule has 3 heterocycles. The van der Waals surface area contributed by atoms with Crippen molar-refractivity contribution in [3.05, 3.63) is 35.6 Å². The number of sulfonamides is 1. The molecule has 3 atom stereocenters. The molecule has 140 valence electrons. The monoisotopic (exact) mass is 378 g/mol. The number of aryl methyl sites for hydroxylation is 1. The van der Waals surface area contributed by atoms with Crippen LogP contribution in [0.25, 0.3) is 11.0 Å². The molecule has 0 spiro atoms. The molecule has 2 aromatic rings. The number of rotatable bonds is 4. The molecule has 2 fully saturated rings.